The Kier molecular flexibility index (Phi) is 8.73. The van der Waals surface area contributed by atoms with Gasteiger partial charge in [0.2, 0.25) is 0 Å². The van der Waals surface area contributed by atoms with Crippen molar-refractivity contribution in [1.29, 1.82) is 0 Å². The second-order valence-corrected chi connectivity index (χ2v) is 7.98. The monoisotopic (exact) mass is 464 g/mol. The van der Waals surface area contributed by atoms with Gasteiger partial charge in [0.15, 0.2) is 5.11 Å². The molecule has 0 aromatic heterocycles. The molecular formula is C21H25BrN2O3S. The molecule has 1 amide bonds. The van der Waals surface area contributed by atoms with Crippen LogP contribution >= 0.6 is 28.1 Å². The zero-order chi connectivity index (χ0) is 20.5. The molecule has 0 spiro atoms. The van der Waals surface area contributed by atoms with Gasteiger partial charge in [0.05, 0.1) is 19.3 Å². The first kappa shape index (κ1) is 22.2. The van der Waals surface area contributed by atoms with E-state index in [0.717, 1.165) is 22.2 Å². The molecule has 150 valence electrons. The smallest absolute Gasteiger partial charge is 0.261 e. The number of thiocarbonyl (C=S) groups is 1. The molecule has 28 heavy (non-hydrogen) atoms. The topological polar surface area (TPSA) is 59.6 Å². The van der Waals surface area contributed by atoms with Gasteiger partial charge in [-0.05, 0) is 60.5 Å². The van der Waals surface area contributed by atoms with Gasteiger partial charge in [0, 0.05) is 11.0 Å². The fraction of sp³-hybridized carbons (Fsp3) is 0.333. The predicted molar refractivity (Wildman–Crippen MR) is 119 cm³/mol. The van der Waals surface area contributed by atoms with Crippen molar-refractivity contribution in [2.75, 3.05) is 13.7 Å². The number of hydrogen-bond donors (Lipinski definition) is 2. The van der Waals surface area contributed by atoms with E-state index in [0.29, 0.717) is 30.4 Å². The highest BCUT2D eigenvalue weighted by atomic mass is 79.9. The van der Waals surface area contributed by atoms with Crippen molar-refractivity contribution in [3.63, 3.8) is 0 Å². The molecule has 7 heteroatoms. The Bertz CT molecular complexity index is 810. The summed E-state index contributed by atoms with van der Waals surface area (Å²) >= 11 is 8.66. The zero-order valence-corrected chi connectivity index (χ0v) is 18.7. The highest BCUT2D eigenvalue weighted by Crippen LogP contribution is 2.24. The summed E-state index contributed by atoms with van der Waals surface area (Å²) in [7, 11) is 1.63. The summed E-state index contributed by atoms with van der Waals surface area (Å²) in [6.07, 6.45) is 0.916. The fourth-order valence-electron chi connectivity index (χ4n) is 2.35. The SMILES string of the molecule is COc1ccc(CNC(=S)NC(=O)c2cc(Br)ccc2OCCC(C)C)cc1. The largest absolute Gasteiger partial charge is 0.497 e. The molecule has 0 fully saturated rings. The molecular weight excluding hydrogens is 440 g/mol. The maximum Gasteiger partial charge on any atom is 0.261 e. The lowest BCUT2D eigenvalue weighted by Gasteiger charge is -2.14. The minimum atomic E-state index is -0.312. The molecule has 0 atom stereocenters. The first-order valence-corrected chi connectivity index (χ1v) is 10.2. The molecule has 2 aromatic carbocycles. The molecule has 0 saturated carbocycles. The molecule has 0 heterocycles. The number of halogens is 1. The van der Waals surface area contributed by atoms with Crippen molar-refractivity contribution >= 4 is 39.2 Å². The van der Waals surface area contributed by atoms with Crippen LogP contribution in [-0.4, -0.2) is 24.7 Å². The number of methoxy groups -OCH3 is 1. The summed E-state index contributed by atoms with van der Waals surface area (Å²) in [6, 6.07) is 13.0. The Labute approximate surface area is 179 Å². The zero-order valence-electron chi connectivity index (χ0n) is 16.3. The van der Waals surface area contributed by atoms with Crippen LogP contribution in [0.1, 0.15) is 36.2 Å². The molecule has 0 bridgehead atoms. The second-order valence-electron chi connectivity index (χ2n) is 6.66. The van der Waals surface area contributed by atoms with Gasteiger partial charge in [-0.3, -0.25) is 10.1 Å². The van der Waals surface area contributed by atoms with Gasteiger partial charge in [-0.1, -0.05) is 41.9 Å². The van der Waals surface area contributed by atoms with E-state index in [1.54, 1.807) is 19.2 Å². The standard InChI is InChI=1S/C21H25BrN2O3S/c1-14(2)10-11-27-19-9-6-16(22)12-18(19)20(25)24-21(28)23-13-15-4-7-17(26-3)8-5-15/h4-9,12,14H,10-11,13H2,1-3H3,(H2,23,24,25,28). The highest BCUT2D eigenvalue weighted by Gasteiger charge is 2.15. The molecule has 2 N–H and O–H groups in total. The van der Waals surface area contributed by atoms with Crippen LogP contribution in [0.15, 0.2) is 46.9 Å². The van der Waals surface area contributed by atoms with Crippen LogP contribution in [0.5, 0.6) is 11.5 Å². The lowest BCUT2D eigenvalue weighted by Crippen LogP contribution is -2.39. The van der Waals surface area contributed by atoms with E-state index in [4.69, 9.17) is 21.7 Å². The third kappa shape index (κ3) is 7.13. The van der Waals surface area contributed by atoms with Gasteiger partial charge in [-0.25, -0.2) is 0 Å². The van der Waals surface area contributed by atoms with Crippen molar-refractivity contribution in [3.8, 4) is 11.5 Å². The Morgan fingerprint density at radius 2 is 1.89 bits per heavy atom. The Balaban J connectivity index is 1.94. The summed E-state index contributed by atoms with van der Waals surface area (Å²) in [5.41, 5.74) is 1.46. The predicted octanol–water partition coefficient (Wildman–Crippen LogP) is 4.69. The van der Waals surface area contributed by atoms with Crippen molar-refractivity contribution in [3.05, 3.63) is 58.1 Å². The quantitative estimate of drug-likeness (QED) is 0.555. The van der Waals surface area contributed by atoms with Gasteiger partial charge in [0.25, 0.3) is 5.91 Å². The minimum Gasteiger partial charge on any atom is -0.497 e. The average Bonchev–Trinajstić information content (AvgIpc) is 2.67. The number of benzene rings is 2. The van der Waals surface area contributed by atoms with Crippen LogP contribution < -0.4 is 20.1 Å². The lowest BCUT2D eigenvalue weighted by molar-refractivity contribution is 0.0972. The van der Waals surface area contributed by atoms with E-state index >= 15 is 0 Å². The Hall–Kier alpha value is -2.12. The number of nitrogens with one attached hydrogen (secondary N) is 2. The summed E-state index contributed by atoms with van der Waals surface area (Å²) in [6.45, 7) is 5.32. The number of carbonyl (C=O) groups excluding carboxylic acids is 1. The summed E-state index contributed by atoms with van der Waals surface area (Å²) in [5.74, 6) is 1.55. The fourth-order valence-corrected chi connectivity index (χ4v) is 2.88. The number of ether oxygens (including phenoxy) is 2. The first-order chi connectivity index (χ1) is 13.4. The number of amides is 1. The van der Waals surface area contributed by atoms with Crippen molar-refractivity contribution in [2.45, 2.75) is 26.8 Å². The van der Waals surface area contributed by atoms with Gasteiger partial charge < -0.3 is 14.8 Å². The molecule has 0 radical (unpaired) electrons. The van der Waals surface area contributed by atoms with E-state index in [9.17, 15) is 4.79 Å². The summed E-state index contributed by atoms with van der Waals surface area (Å²) < 4.78 is 11.7. The van der Waals surface area contributed by atoms with Gasteiger partial charge in [0.1, 0.15) is 11.5 Å². The molecule has 0 unspecified atom stereocenters. The number of carbonyl (C=O) groups is 1. The van der Waals surface area contributed by atoms with Crippen LogP contribution in [0.25, 0.3) is 0 Å². The van der Waals surface area contributed by atoms with Crippen LogP contribution in [0, 0.1) is 5.92 Å². The van der Waals surface area contributed by atoms with Crippen molar-refractivity contribution in [2.24, 2.45) is 5.92 Å². The van der Waals surface area contributed by atoms with Crippen LogP contribution in [0.2, 0.25) is 0 Å². The third-order valence-electron chi connectivity index (χ3n) is 3.98. The number of rotatable bonds is 8. The van der Waals surface area contributed by atoms with E-state index < -0.39 is 0 Å². The maximum absolute atomic E-state index is 12.7. The third-order valence-corrected chi connectivity index (χ3v) is 4.72. The summed E-state index contributed by atoms with van der Waals surface area (Å²) in [4.78, 5) is 12.7. The Morgan fingerprint density at radius 1 is 1.18 bits per heavy atom. The summed E-state index contributed by atoms with van der Waals surface area (Å²) in [5, 5.41) is 6.01. The second kappa shape index (κ2) is 11.0. The molecule has 0 saturated heterocycles. The molecule has 2 aromatic rings. The van der Waals surface area contributed by atoms with E-state index in [1.165, 1.54) is 0 Å². The first-order valence-electron chi connectivity index (χ1n) is 9.03. The van der Waals surface area contributed by atoms with E-state index in [1.807, 2.05) is 30.3 Å². The van der Waals surface area contributed by atoms with Crippen molar-refractivity contribution in [1.82, 2.24) is 10.6 Å². The molecule has 0 aliphatic carbocycles. The molecule has 2 rings (SSSR count). The maximum atomic E-state index is 12.7. The van der Waals surface area contributed by atoms with Crippen LogP contribution in [0.4, 0.5) is 0 Å². The number of hydrogen-bond acceptors (Lipinski definition) is 4. The van der Waals surface area contributed by atoms with Gasteiger partial charge >= 0.3 is 0 Å². The van der Waals surface area contributed by atoms with Crippen molar-refractivity contribution < 1.29 is 14.3 Å². The normalized spacial score (nSPS) is 10.5. The van der Waals surface area contributed by atoms with E-state index in [2.05, 4.69) is 40.4 Å². The molecule has 0 aliphatic rings. The molecule has 5 nitrogen and oxygen atoms in total. The minimum absolute atomic E-state index is 0.258. The highest BCUT2D eigenvalue weighted by molar-refractivity contribution is 9.10. The Morgan fingerprint density at radius 3 is 2.54 bits per heavy atom. The van der Waals surface area contributed by atoms with E-state index in [-0.39, 0.29) is 11.0 Å². The van der Waals surface area contributed by atoms with Gasteiger partial charge in [-0.2, -0.15) is 0 Å². The lowest BCUT2D eigenvalue weighted by atomic mass is 10.1. The molecule has 0 aliphatic heterocycles. The van der Waals surface area contributed by atoms with Crippen LogP contribution in [-0.2, 0) is 6.54 Å². The van der Waals surface area contributed by atoms with Gasteiger partial charge in [-0.15, -0.1) is 0 Å². The average molecular weight is 465 g/mol. The van der Waals surface area contributed by atoms with Crippen LogP contribution in [0.3, 0.4) is 0 Å².